The molecule has 3 nitrogen and oxygen atoms in total. The Morgan fingerprint density at radius 2 is 1.75 bits per heavy atom. The third-order valence-corrected chi connectivity index (χ3v) is 2.55. The zero-order valence-corrected chi connectivity index (χ0v) is 8.98. The van der Waals surface area contributed by atoms with E-state index in [4.69, 9.17) is 17.2 Å². The molecule has 0 aromatic heterocycles. The summed E-state index contributed by atoms with van der Waals surface area (Å²) < 4.78 is 0. The van der Waals surface area contributed by atoms with Gasteiger partial charge in [0, 0.05) is 23.5 Å². The highest BCUT2D eigenvalue weighted by molar-refractivity contribution is 5.78. The Morgan fingerprint density at radius 3 is 2.38 bits per heavy atom. The SMILES string of the molecule is NCc1ccc(-c2cccc(N)c2)c(N)c1. The lowest BCUT2D eigenvalue weighted by Gasteiger charge is -2.08. The minimum Gasteiger partial charge on any atom is -0.399 e. The molecule has 3 heteroatoms. The molecule has 0 aliphatic heterocycles. The second kappa shape index (κ2) is 4.24. The van der Waals surface area contributed by atoms with Gasteiger partial charge in [0.1, 0.15) is 0 Å². The molecule has 0 aliphatic rings. The Bertz CT molecular complexity index is 506. The first-order chi connectivity index (χ1) is 7.70. The van der Waals surface area contributed by atoms with Crippen molar-refractivity contribution in [2.24, 2.45) is 5.73 Å². The van der Waals surface area contributed by atoms with E-state index in [1.165, 1.54) is 0 Å². The highest BCUT2D eigenvalue weighted by Gasteiger charge is 2.03. The molecule has 2 aromatic carbocycles. The van der Waals surface area contributed by atoms with Crippen LogP contribution < -0.4 is 17.2 Å². The van der Waals surface area contributed by atoms with Crippen LogP contribution in [0.2, 0.25) is 0 Å². The van der Waals surface area contributed by atoms with Gasteiger partial charge in [0.2, 0.25) is 0 Å². The molecule has 2 aromatic rings. The van der Waals surface area contributed by atoms with Gasteiger partial charge in [-0.3, -0.25) is 0 Å². The molecule has 0 saturated heterocycles. The van der Waals surface area contributed by atoms with Gasteiger partial charge in [0.05, 0.1) is 0 Å². The van der Waals surface area contributed by atoms with Crippen LogP contribution in [0.1, 0.15) is 5.56 Å². The third kappa shape index (κ3) is 1.99. The Labute approximate surface area is 94.9 Å². The van der Waals surface area contributed by atoms with Gasteiger partial charge in [0.15, 0.2) is 0 Å². The maximum Gasteiger partial charge on any atom is 0.0396 e. The van der Waals surface area contributed by atoms with Crippen molar-refractivity contribution in [3.63, 3.8) is 0 Å². The summed E-state index contributed by atoms with van der Waals surface area (Å²) in [6.07, 6.45) is 0. The van der Waals surface area contributed by atoms with E-state index in [0.29, 0.717) is 6.54 Å². The van der Waals surface area contributed by atoms with Gasteiger partial charge in [0.25, 0.3) is 0 Å². The maximum atomic E-state index is 5.98. The predicted octanol–water partition coefficient (Wildman–Crippen LogP) is 1.98. The molecule has 0 unspecified atom stereocenters. The van der Waals surface area contributed by atoms with Gasteiger partial charge in [-0.15, -0.1) is 0 Å². The molecule has 0 amide bonds. The molecule has 2 rings (SSSR count). The van der Waals surface area contributed by atoms with Gasteiger partial charge in [-0.25, -0.2) is 0 Å². The minimum atomic E-state index is 0.501. The number of benzene rings is 2. The molecule has 0 atom stereocenters. The van der Waals surface area contributed by atoms with Crippen LogP contribution in [0.5, 0.6) is 0 Å². The topological polar surface area (TPSA) is 78.1 Å². The second-order valence-corrected chi connectivity index (χ2v) is 3.75. The average Bonchev–Trinajstić information content (AvgIpc) is 2.28. The van der Waals surface area contributed by atoms with Crippen LogP contribution >= 0.6 is 0 Å². The molecular formula is C13H15N3. The zero-order valence-electron chi connectivity index (χ0n) is 8.98. The van der Waals surface area contributed by atoms with Gasteiger partial charge in [-0.05, 0) is 29.3 Å². The van der Waals surface area contributed by atoms with Crippen LogP contribution in [0.3, 0.4) is 0 Å². The number of nitrogens with two attached hydrogens (primary N) is 3. The predicted molar refractivity (Wildman–Crippen MR) is 68.6 cm³/mol. The van der Waals surface area contributed by atoms with E-state index in [2.05, 4.69) is 0 Å². The van der Waals surface area contributed by atoms with Gasteiger partial charge < -0.3 is 17.2 Å². The monoisotopic (exact) mass is 213 g/mol. The maximum absolute atomic E-state index is 5.98. The van der Waals surface area contributed by atoms with Crippen molar-refractivity contribution in [3.8, 4) is 11.1 Å². The second-order valence-electron chi connectivity index (χ2n) is 3.75. The fourth-order valence-electron chi connectivity index (χ4n) is 1.71. The van der Waals surface area contributed by atoms with E-state index in [1.54, 1.807) is 0 Å². The van der Waals surface area contributed by atoms with Crippen molar-refractivity contribution < 1.29 is 0 Å². The molecule has 0 bridgehead atoms. The average molecular weight is 213 g/mol. The summed E-state index contributed by atoms with van der Waals surface area (Å²) in [5.41, 5.74) is 21.8. The standard InChI is InChI=1S/C13H15N3/c14-8-9-4-5-12(13(16)6-9)10-2-1-3-11(15)7-10/h1-7H,8,14-16H2. The summed E-state index contributed by atoms with van der Waals surface area (Å²) in [5, 5.41) is 0. The minimum absolute atomic E-state index is 0.501. The van der Waals surface area contributed by atoms with Crippen LogP contribution in [0.25, 0.3) is 11.1 Å². The summed E-state index contributed by atoms with van der Waals surface area (Å²) in [7, 11) is 0. The lowest BCUT2D eigenvalue weighted by Crippen LogP contribution is -1.98. The van der Waals surface area contributed by atoms with E-state index in [1.807, 2.05) is 42.5 Å². The van der Waals surface area contributed by atoms with Crippen molar-refractivity contribution in [2.75, 3.05) is 11.5 Å². The van der Waals surface area contributed by atoms with Crippen molar-refractivity contribution in [3.05, 3.63) is 48.0 Å². The van der Waals surface area contributed by atoms with E-state index in [-0.39, 0.29) is 0 Å². The molecule has 16 heavy (non-hydrogen) atoms. The lowest BCUT2D eigenvalue weighted by molar-refractivity contribution is 1.07. The number of nitrogen functional groups attached to an aromatic ring is 2. The smallest absolute Gasteiger partial charge is 0.0396 e. The van der Waals surface area contributed by atoms with Crippen molar-refractivity contribution in [1.29, 1.82) is 0 Å². The molecule has 0 spiro atoms. The van der Waals surface area contributed by atoms with Gasteiger partial charge in [-0.2, -0.15) is 0 Å². The Balaban J connectivity index is 2.48. The third-order valence-electron chi connectivity index (χ3n) is 2.55. The van der Waals surface area contributed by atoms with Crippen molar-refractivity contribution in [1.82, 2.24) is 0 Å². The van der Waals surface area contributed by atoms with E-state index in [0.717, 1.165) is 28.1 Å². The highest BCUT2D eigenvalue weighted by Crippen LogP contribution is 2.27. The fourth-order valence-corrected chi connectivity index (χ4v) is 1.71. The van der Waals surface area contributed by atoms with Gasteiger partial charge >= 0.3 is 0 Å². The highest BCUT2D eigenvalue weighted by atomic mass is 14.6. The molecule has 0 radical (unpaired) electrons. The first-order valence-corrected chi connectivity index (χ1v) is 5.15. The number of rotatable bonds is 2. The normalized spacial score (nSPS) is 10.3. The first-order valence-electron chi connectivity index (χ1n) is 5.15. The fraction of sp³-hybridized carbons (Fsp3) is 0.0769. The van der Waals surface area contributed by atoms with E-state index in [9.17, 15) is 0 Å². The van der Waals surface area contributed by atoms with Crippen LogP contribution in [0, 0.1) is 0 Å². The van der Waals surface area contributed by atoms with Crippen LogP contribution in [0.4, 0.5) is 11.4 Å². The number of hydrogen-bond donors (Lipinski definition) is 3. The lowest BCUT2D eigenvalue weighted by atomic mass is 10.0. The largest absolute Gasteiger partial charge is 0.399 e. The quantitative estimate of drug-likeness (QED) is 0.667. The summed E-state index contributed by atoms with van der Waals surface area (Å²) in [6.45, 7) is 0.501. The molecule has 6 N–H and O–H groups in total. The Kier molecular flexibility index (Phi) is 2.79. The molecule has 0 aliphatic carbocycles. The van der Waals surface area contributed by atoms with E-state index >= 15 is 0 Å². The molecule has 0 saturated carbocycles. The molecular weight excluding hydrogens is 198 g/mol. The van der Waals surface area contributed by atoms with Crippen LogP contribution in [0.15, 0.2) is 42.5 Å². The summed E-state index contributed by atoms with van der Waals surface area (Å²) in [5.74, 6) is 0. The Morgan fingerprint density at radius 1 is 0.938 bits per heavy atom. The van der Waals surface area contributed by atoms with Gasteiger partial charge in [-0.1, -0.05) is 24.3 Å². The van der Waals surface area contributed by atoms with Crippen molar-refractivity contribution >= 4 is 11.4 Å². The molecule has 0 fully saturated rings. The Hall–Kier alpha value is -2.00. The van der Waals surface area contributed by atoms with Crippen LogP contribution in [-0.4, -0.2) is 0 Å². The summed E-state index contributed by atoms with van der Waals surface area (Å²) >= 11 is 0. The molecule has 82 valence electrons. The number of anilines is 2. The number of hydrogen-bond acceptors (Lipinski definition) is 3. The molecule has 0 heterocycles. The summed E-state index contributed by atoms with van der Waals surface area (Å²) in [4.78, 5) is 0. The van der Waals surface area contributed by atoms with Crippen LogP contribution in [-0.2, 0) is 6.54 Å². The zero-order chi connectivity index (χ0) is 11.5. The van der Waals surface area contributed by atoms with E-state index < -0.39 is 0 Å². The summed E-state index contributed by atoms with van der Waals surface area (Å²) in [6, 6.07) is 13.5. The first kappa shape index (κ1) is 10.5. The van der Waals surface area contributed by atoms with Crippen molar-refractivity contribution in [2.45, 2.75) is 6.54 Å².